The Balaban J connectivity index is 2.63. The molecule has 0 aliphatic heterocycles. The second-order valence-electron chi connectivity index (χ2n) is 3.21. The molecule has 0 amide bonds. The Morgan fingerprint density at radius 2 is 2.13 bits per heavy atom. The number of nitrogen functional groups attached to an aromatic ring is 1. The highest BCUT2D eigenvalue weighted by molar-refractivity contribution is 5.49. The lowest BCUT2D eigenvalue weighted by molar-refractivity contribution is 0.753. The Kier molecular flexibility index (Phi) is 2.00. The average Bonchev–Trinajstić information content (AvgIpc) is 2.58. The van der Waals surface area contributed by atoms with E-state index in [1.165, 1.54) is 9.25 Å². The van der Waals surface area contributed by atoms with Crippen LogP contribution >= 0.6 is 0 Å². The molecular formula is C8H10N6O. The first-order valence-electron chi connectivity index (χ1n) is 4.30. The summed E-state index contributed by atoms with van der Waals surface area (Å²) >= 11 is 0. The van der Waals surface area contributed by atoms with Crippen LogP contribution in [0.15, 0.2) is 17.2 Å². The van der Waals surface area contributed by atoms with Crippen molar-refractivity contribution in [1.82, 2.24) is 24.5 Å². The molecule has 0 bridgehead atoms. The van der Waals surface area contributed by atoms with Crippen LogP contribution in [0.3, 0.4) is 0 Å². The Bertz CT molecular complexity index is 554. The number of rotatable bonds is 1. The smallest absolute Gasteiger partial charge is 0.349 e. The monoisotopic (exact) mass is 206 g/mol. The molecule has 0 aliphatic rings. The van der Waals surface area contributed by atoms with E-state index in [4.69, 9.17) is 5.73 Å². The topological polar surface area (TPSA) is 91.6 Å². The number of nitrogens with two attached hydrogens (primary N) is 1. The molecule has 2 aromatic rings. The SMILES string of the molecule is Cc1cn(-c2cn(C)c(=O)nc2N)nn1. The molecule has 2 aromatic heterocycles. The molecule has 0 aromatic carbocycles. The summed E-state index contributed by atoms with van der Waals surface area (Å²) in [6, 6.07) is 0. The van der Waals surface area contributed by atoms with Crippen molar-refractivity contribution in [1.29, 1.82) is 0 Å². The Hall–Kier alpha value is -2.18. The predicted molar refractivity (Wildman–Crippen MR) is 53.5 cm³/mol. The van der Waals surface area contributed by atoms with Crippen molar-refractivity contribution in [2.45, 2.75) is 6.92 Å². The van der Waals surface area contributed by atoms with Crippen LogP contribution in [0.1, 0.15) is 5.69 Å². The molecule has 2 heterocycles. The third-order valence-corrected chi connectivity index (χ3v) is 1.95. The molecule has 0 saturated heterocycles. The number of anilines is 1. The van der Waals surface area contributed by atoms with E-state index in [0.717, 1.165) is 5.69 Å². The van der Waals surface area contributed by atoms with Gasteiger partial charge in [0.1, 0.15) is 5.69 Å². The maximum atomic E-state index is 11.2. The predicted octanol–water partition coefficient (Wildman–Crippen LogP) is -0.748. The Morgan fingerprint density at radius 3 is 2.73 bits per heavy atom. The van der Waals surface area contributed by atoms with E-state index >= 15 is 0 Å². The van der Waals surface area contributed by atoms with Crippen molar-refractivity contribution in [3.8, 4) is 5.69 Å². The van der Waals surface area contributed by atoms with Gasteiger partial charge in [0.15, 0.2) is 5.82 Å². The number of hydrogen-bond donors (Lipinski definition) is 1. The fraction of sp³-hybridized carbons (Fsp3) is 0.250. The van der Waals surface area contributed by atoms with E-state index in [1.54, 1.807) is 19.4 Å². The largest absolute Gasteiger partial charge is 0.382 e. The van der Waals surface area contributed by atoms with Crippen molar-refractivity contribution in [2.75, 3.05) is 5.73 Å². The first-order valence-corrected chi connectivity index (χ1v) is 4.30. The number of hydrogen-bond acceptors (Lipinski definition) is 5. The van der Waals surface area contributed by atoms with Crippen molar-refractivity contribution >= 4 is 5.82 Å². The molecule has 78 valence electrons. The van der Waals surface area contributed by atoms with Crippen LogP contribution in [0, 0.1) is 6.92 Å². The molecule has 0 radical (unpaired) electrons. The maximum Gasteiger partial charge on any atom is 0.349 e. The molecule has 7 nitrogen and oxygen atoms in total. The van der Waals surface area contributed by atoms with E-state index in [0.29, 0.717) is 5.69 Å². The Morgan fingerprint density at radius 1 is 1.40 bits per heavy atom. The molecule has 0 fully saturated rings. The normalized spacial score (nSPS) is 10.5. The summed E-state index contributed by atoms with van der Waals surface area (Å²) in [7, 11) is 1.60. The zero-order chi connectivity index (χ0) is 11.0. The quantitative estimate of drug-likeness (QED) is 0.663. The minimum atomic E-state index is -0.395. The molecule has 15 heavy (non-hydrogen) atoms. The molecule has 0 atom stereocenters. The van der Waals surface area contributed by atoms with E-state index in [9.17, 15) is 4.79 Å². The van der Waals surface area contributed by atoms with E-state index < -0.39 is 5.69 Å². The van der Waals surface area contributed by atoms with Gasteiger partial charge in [-0.1, -0.05) is 5.21 Å². The summed E-state index contributed by atoms with van der Waals surface area (Å²) in [6.45, 7) is 1.81. The standard InChI is InChI=1S/C8H10N6O/c1-5-3-14(12-11-5)6-4-13(2)8(15)10-7(6)9/h3-4H,1-2H3,(H2,9,10,15). The summed E-state index contributed by atoms with van der Waals surface area (Å²) < 4.78 is 2.82. The van der Waals surface area contributed by atoms with Gasteiger partial charge in [-0.25, -0.2) is 9.48 Å². The van der Waals surface area contributed by atoms with Gasteiger partial charge < -0.3 is 5.73 Å². The molecule has 0 unspecified atom stereocenters. The van der Waals surface area contributed by atoms with Crippen LogP contribution in [-0.4, -0.2) is 24.5 Å². The highest BCUT2D eigenvalue weighted by atomic mass is 16.1. The summed E-state index contributed by atoms with van der Waals surface area (Å²) in [6.07, 6.45) is 3.27. The minimum Gasteiger partial charge on any atom is -0.382 e. The lowest BCUT2D eigenvalue weighted by atomic mass is 10.4. The lowest BCUT2D eigenvalue weighted by Crippen LogP contribution is -2.22. The Labute approximate surface area is 85.2 Å². The van der Waals surface area contributed by atoms with Gasteiger partial charge in [-0.3, -0.25) is 4.57 Å². The fourth-order valence-corrected chi connectivity index (χ4v) is 1.19. The van der Waals surface area contributed by atoms with Crippen LogP contribution < -0.4 is 11.4 Å². The molecule has 2 N–H and O–H groups in total. The van der Waals surface area contributed by atoms with Gasteiger partial charge in [-0.2, -0.15) is 4.98 Å². The molecule has 0 saturated carbocycles. The maximum absolute atomic E-state index is 11.2. The van der Waals surface area contributed by atoms with Crippen LogP contribution in [0.25, 0.3) is 5.69 Å². The number of aromatic nitrogens is 5. The van der Waals surface area contributed by atoms with Gasteiger partial charge in [0.25, 0.3) is 0 Å². The van der Waals surface area contributed by atoms with Crippen molar-refractivity contribution in [3.05, 3.63) is 28.6 Å². The van der Waals surface area contributed by atoms with Crippen molar-refractivity contribution < 1.29 is 0 Å². The van der Waals surface area contributed by atoms with Crippen molar-refractivity contribution in [3.63, 3.8) is 0 Å². The fourth-order valence-electron chi connectivity index (χ4n) is 1.19. The molecule has 0 spiro atoms. The molecule has 0 aliphatic carbocycles. The van der Waals surface area contributed by atoms with Gasteiger partial charge in [0.05, 0.1) is 11.9 Å². The van der Waals surface area contributed by atoms with Crippen molar-refractivity contribution in [2.24, 2.45) is 7.05 Å². The second kappa shape index (κ2) is 3.19. The highest BCUT2D eigenvalue weighted by Crippen LogP contribution is 2.10. The second-order valence-corrected chi connectivity index (χ2v) is 3.21. The van der Waals surface area contributed by atoms with Gasteiger partial charge in [0.2, 0.25) is 0 Å². The highest BCUT2D eigenvalue weighted by Gasteiger charge is 2.07. The molecular weight excluding hydrogens is 196 g/mol. The third-order valence-electron chi connectivity index (χ3n) is 1.95. The molecule has 2 rings (SSSR count). The molecule has 7 heteroatoms. The van der Waals surface area contributed by atoms with E-state index in [1.807, 2.05) is 6.92 Å². The van der Waals surface area contributed by atoms with Crippen LogP contribution in [0.5, 0.6) is 0 Å². The van der Waals surface area contributed by atoms with Crippen LogP contribution in [0.2, 0.25) is 0 Å². The van der Waals surface area contributed by atoms with Crippen LogP contribution in [0.4, 0.5) is 5.82 Å². The summed E-state index contributed by atoms with van der Waals surface area (Å²) in [5, 5.41) is 7.68. The average molecular weight is 206 g/mol. The summed E-state index contributed by atoms with van der Waals surface area (Å²) in [4.78, 5) is 14.8. The van der Waals surface area contributed by atoms with Crippen LogP contribution in [-0.2, 0) is 7.05 Å². The zero-order valence-electron chi connectivity index (χ0n) is 8.38. The van der Waals surface area contributed by atoms with E-state index in [2.05, 4.69) is 15.3 Å². The first kappa shape index (κ1) is 9.38. The van der Waals surface area contributed by atoms with Gasteiger partial charge in [-0.15, -0.1) is 5.10 Å². The summed E-state index contributed by atoms with van der Waals surface area (Å²) in [5.74, 6) is 0.142. The lowest BCUT2D eigenvalue weighted by Gasteiger charge is -2.04. The zero-order valence-corrected chi connectivity index (χ0v) is 8.38. The number of aryl methyl sites for hydroxylation is 2. The minimum absolute atomic E-state index is 0.142. The van der Waals surface area contributed by atoms with Gasteiger partial charge in [-0.05, 0) is 6.92 Å². The number of nitrogens with zero attached hydrogens (tertiary/aromatic N) is 5. The van der Waals surface area contributed by atoms with Gasteiger partial charge in [0, 0.05) is 13.2 Å². The third kappa shape index (κ3) is 1.58. The summed E-state index contributed by atoms with van der Waals surface area (Å²) in [5.41, 5.74) is 6.53. The van der Waals surface area contributed by atoms with Gasteiger partial charge >= 0.3 is 5.69 Å². The first-order chi connectivity index (χ1) is 7.08. The van der Waals surface area contributed by atoms with E-state index in [-0.39, 0.29) is 5.82 Å².